The first-order chi connectivity index (χ1) is 19.3. The molecule has 3 aromatic rings. The van der Waals surface area contributed by atoms with Crippen LogP contribution < -0.4 is 9.64 Å². The zero-order valence-electron chi connectivity index (χ0n) is 23.7. The second kappa shape index (κ2) is 11.1. The third-order valence-corrected chi connectivity index (χ3v) is 10.3. The number of aromatic nitrogens is 1. The Balaban J connectivity index is 1.15. The average Bonchev–Trinajstić information content (AvgIpc) is 3.48. The SMILES string of the molecule is Cc1ccc(OCc2ccc(CN3CCOCC3)cc2C)c(-c2csc(N3CC4CC[C@@H](C3)[C@@]4(C)C(=O)O)n2)c1. The number of hydrogen-bond donors (Lipinski definition) is 1. The fourth-order valence-corrected chi connectivity index (χ4v) is 7.55. The molecule has 7 nitrogen and oxygen atoms in total. The van der Waals surface area contributed by atoms with Gasteiger partial charge in [-0.25, -0.2) is 4.98 Å². The maximum Gasteiger partial charge on any atom is 0.310 e. The Labute approximate surface area is 240 Å². The summed E-state index contributed by atoms with van der Waals surface area (Å²) in [6.07, 6.45) is 1.96. The van der Waals surface area contributed by atoms with Crippen LogP contribution in [0.2, 0.25) is 0 Å². The van der Waals surface area contributed by atoms with Gasteiger partial charge in [-0.1, -0.05) is 29.8 Å². The first-order valence-electron chi connectivity index (χ1n) is 14.4. The van der Waals surface area contributed by atoms with Crippen LogP contribution in [0.25, 0.3) is 11.3 Å². The van der Waals surface area contributed by atoms with E-state index in [0.717, 1.165) is 86.5 Å². The molecule has 2 aromatic carbocycles. The van der Waals surface area contributed by atoms with E-state index in [9.17, 15) is 9.90 Å². The van der Waals surface area contributed by atoms with E-state index >= 15 is 0 Å². The highest BCUT2D eigenvalue weighted by Gasteiger charge is 2.56. The van der Waals surface area contributed by atoms with Crippen LogP contribution in [0.1, 0.15) is 42.0 Å². The maximum atomic E-state index is 12.1. The van der Waals surface area contributed by atoms with Crippen LogP contribution in [0.4, 0.5) is 5.13 Å². The van der Waals surface area contributed by atoms with Gasteiger partial charge < -0.3 is 19.5 Å². The number of aliphatic carboxylic acids is 1. The lowest BCUT2D eigenvalue weighted by Crippen LogP contribution is -2.51. The molecule has 0 amide bonds. The quantitative estimate of drug-likeness (QED) is 0.374. The summed E-state index contributed by atoms with van der Waals surface area (Å²) in [6, 6.07) is 13.0. The fourth-order valence-electron chi connectivity index (χ4n) is 6.70. The van der Waals surface area contributed by atoms with Gasteiger partial charge in [-0.2, -0.15) is 0 Å². The number of piperidine rings is 1. The molecule has 2 saturated heterocycles. The van der Waals surface area contributed by atoms with Crippen molar-refractivity contribution in [2.75, 3.05) is 44.3 Å². The minimum atomic E-state index is -0.650. The van der Waals surface area contributed by atoms with Crippen molar-refractivity contribution in [3.8, 4) is 17.0 Å². The number of hydrogen-bond acceptors (Lipinski definition) is 7. The van der Waals surface area contributed by atoms with E-state index in [2.05, 4.69) is 59.4 Å². The lowest BCUT2D eigenvalue weighted by molar-refractivity contribution is -0.153. The summed E-state index contributed by atoms with van der Waals surface area (Å²) < 4.78 is 11.9. The molecular formula is C32H39N3O4S. The Morgan fingerprint density at radius 2 is 1.88 bits per heavy atom. The van der Waals surface area contributed by atoms with Crippen LogP contribution in [-0.4, -0.2) is 60.4 Å². The molecule has 2 bridgehead atoms. The average molecular weight is 562 g/mol. The van der Waals surface area contributed by atoms with Gasteiger partial charge in [0.05, 0.1) is 24.3 Å². The van der Waals surface area contributed by atoms with Crippen molar-refractivity contribution in [2.45, 2.75) is 46.8 Å². The van der Waals surface area contributed by atoms with Crippen LogP contribution in [0.5, 0.6) is 5.75 Å². The van der Waals surface area contributed by atoms with E-state index in [4.69, 9.17) is 14.5 Å². The molecule has 3 fully saturated rings. The van der Waals surface area contributed by atoms with E-state index in [1.807, 2.05) is 13.0 Å². The molecule has 40 heavy (non-hydrogen) atoms. The number of carbonyl (C=O) groups is 1. The molecule has 1 N–H and O–H groups in total. The molecule has 212 valence electrons. The van der Waals surface area contributed by atoms with E-state index in [1.165, 1.54) is 16.7 Å². The van der Waals surface area contributed by atoms with Crippen LogP contribution in [0, 0.1) is 31.1 Å². The van der Waals surface area contributed by atoms with E-state index < -0.39 is 11.4 Å². The smallest absolute Gasteiger partial charge is 0.310 e. The summed E-state index contributed by atoms with van der Waals surface area (Å²) in [5, 5.41) is 13.0. The Morgan fingerprint density at radius 3 is 2.58 bits per heavy atom. The monoisotopic (exact) mass is 561 g/mol. The first kappa shape index (κ1) is 27.2. The number of benzene rings is 2. The molecule has 3 atom stereocenters. The standard InChI is InChI=1S/C32H39N3O4S/c1-21-4-9-29(39-19-24-6-5-23(15-22(24)2)16-34-10-12-38-13-11-34)27(14-21)28-20-40-31(33-28)35-17-25-7-8-26(18-35)32(25,3)30(36)37/h4-6,9,14-15,20,25-26H,7-8,10-13,16-19H2,1-3H3,(H,36,37)/t25-,26?,32+/m0/s1. The first-order valence-corrected chi connectivity index (χ1v) is 15.3. The summed E-state index contributed by atoms with van der Waals surface area (Å²) in [6.45, 7) is 12.7. The van der Waals surface area contributed by atoms with Crippen molar-refractivity contribution in [3.05, 3.63) is 64.0 Å². The molecule has 3 heterocycles. The summed E-state index contributed by atoms with van der Waals surface area (Å²) in [7, 11) is 0. The molecule has 8 heteroatoms. The van der Waals surface area contributed by atoms with Crippen molar-refractivity contribution >= 4 is 22.4 Å². The molecule has 0 radical (unpaired) electrons. The zero-order chi connectivity index (χ0) is 27.9. The number of anilines is 1. The second-order valence-corrected chi connectivity index (χ2v) is 12.8. The second-order valence-electron chi connectivity index (χ2n) is 11.9. The topological polar surface area (TPSA) is 75.1 Å². The third-order valence-electron chi connectivity index (χ3n) is 9.38. The van der Waals surface area contributed by atoms with Gasteiger partial charge in [-0.15, -0.1) is 11.3 Å². The number of carboxylic acid groups (broad SMARTS) is 1. The Bertz CT molecular complexity index is 1370. The molecule has 1 unspecified atom stereocenters. The number of rotatable bonds is 8. The third kappa shape index (κ3) is 5.24. The molecule has 1 aliphatic carbocycles. The van der Waals surface area contributed by atoms with Gasteiger partial charge in [0.15, 0.2) is 5.13 Å². The highest BCUT2D eigenvalue weighted by molar-refractivity contribution is 7.14. The minimum absolute atomic E-state index is 0.164. The molecule has 3 aliphatic rings. The number of nitrogens with zero attached hydrogens (tertiary/aromatic N) is 3. The van der Waals surface area contributed by atoms with Crippen molar-refractivity contribution in [1.29, 1.82) is 0 Å². The maximum absolute atomic E-state index is 12.1. The number of morpholine rings is 1. The molecular weight excluding hydrogens is 522 g/mol. The van der Waals surface area contributed by atoms with Crippen molar-refractivity contribution in [1.82, 2.24) is 9.88 Å². The highest BCUT2D eigenvalue weighted by atomic mass is 32.1. The summed E-state index contributed by atoms with van der Waals surface area (Å²) in [5.41, 5.74) is 6.20. The molecule has 2 aliphatic heterocycles. The molecule has 1 saturated carbocycles. The summed E-state index contributed by atoms with van der Waals surface area (Å²) in [5.74, 6) is 0.509. The molecule has 0 spiro atoms. The van der Waals surface area contributed by atoms with E-state index in [1.54, 1.807) is 11.3 Å². The number of carboxylic acids is 1. The fraction of sp³-hybridized carbons (Fsp3) is 0.500. The van der Waals surface area contributed by atoms with Crippen molar-refractivity contribution in [3.63, 3.8) is 0 Å². The van der Waals surface area contributed by atoms with Gasteiger partial charge in [0, 0.05) is 43.7 Å². The van der Waals surface area contributed by atoms with E-state index in [0.29, 0.717) is 6.61 Å². The van der Waals surface area contributed by atoms with Gasteiger partial charge in [0.2, 0.25) is 0 Å². The number of fused-ring (bicyclic) bond motifs is 2. The largest absolute Gasteiger partial charge is 0.488 e. The Morgan fingerprint density at radius 1 is 1.12 bits per heavy atom. The van der Waals surface area contributed by atoms with Gasteiger partial charge in [0.1, 0.15) is 12.4 Å². The normalized spacial score (nSPS) is 24.8. The zero-order valence-corrected chi connectivity index (χ0v) is 24.5. The number of thiazole rings is 1. The van der Waals surface area contributed by atoms with Gasteiger partial charge >= 0.3 is 5.97 Å². The highest BCUT2D eigenvalue weighted by Crippen LogP contribution is 2.52. The van der Waals surface area contributed by atoms with Gasteiger partial charge in [-0.05, 0) is 74.3 Å². The number of aryl methyl sites for hydroxylation is 2. The Kier molecular flexibility index (Phi) is 7.59. The van der Waals surface area contributed by atoms with Crippen molar-refractivity contribution in [2.24, 2.45) is 17.3 Å². The minimum Gasteiger partial charge on any atom is -0.488 e. The summed E-state index contributed by atoms with van der Waals surface area (Å²) >= 11 is 1.64. The lowest BCUT2D eigenvalue weighted by Gasteiger charge is -2.42. The van der Waals surface area contributed by atoms with Crippen LogP contribution in [0.15, 0.2) is 41.8 Å². The van der Waals surface area contributed by atoms with Crippen LogP contribution >= 0.6 is 11.3 Å². The predicted molar refractivity (Wildman–Crippen MR) is 158 cm³/mol. The van der Waals surface area contributed by atoms with Gasteiger partial charge in [-0.3, -0.25) is 9.69 Å². The Hall–Kier alpha value is -2.94. The predicted octanol–water partition coefficient (Wildman–Crippen LogP) is 5.78. The number of ether oxygens (including phenoxy) is 2. The summed E-state index contributed by atoms with van der Waals surface area (Å²) in [4.78, 5) is 21.9. The lowest BCUT2D eigenvalue weighted by atomic mass is 9.71. The van der Waals surface area contributed by atoms with Gasteiger partial charge in [0.25, 0.3) is 0 Å². The van der Waals surface area contributed by atoms with E-state index in [-0.39, 0.29) is 11.8 Å². The van der Waals surface area contributed by atoms with Crippen LogP contribution in [-0.2, 0) is 22.7 Å². The van der Waals surface area contributed by atoms with Crippen LogP contribution in [0.3, 0.4) is 0 Å². The van der Waals surface area contributed by atoms with Crippen molar-refractivity contribution < 1.29 is 19.4 Å². The molecule has 6 rings (SSSR count). The molecule has 1 aromatic heterocycles.